The molecular weight excluding hydrogens is 438 g/mol. The van der Waals surface area contributed by atoms with Crippen molar-refractivity contribution < 1.29 is 29.3 Å². The van der Waals surface area contributed by atoms with E-state index in [-0.39, 0.29) is 30.3 Å². The van der Waals surface area contributed by atoms with Gasteiger partial charge >= 0.3 is 12.1 Å². The molecule has 2 aromatic carbocycles. The fraction of sp³-hybridized carbons (Fsp3) is 0.200. The number of aromatic nitrogens is 1. The third-order valence-electron chi connectivity index (χ3n) is 5.62. The topological polar surface area (TPSA) is 138 Å². The number of aliphatic carboxylic acids is 1. The minimum atomic E-state index is -1.29. The van der Waals surface area contributed by atoms with E-state index in [9.17, 15) is 19.5 Å². The van der Waals surface area contributed by atoms with Crippen LogP contribution in [0.1, 0.15) is 34.0 Å². The van der Waals surface area contributed by atoms with Crippen molar-refractivity contribution in [2.45, 2.75) is 18.4 Å². The van der Waals surface area contributed by atoms with Crippen LogP contribution in [-0.2, 0) is 9.53 Å². The normalized spacial score (nSPS) is 12.9. The van der Waals surface area contributed by atoms with Crippen molar-refractivity contribution in [3.8, 4) is 11.1 Å². The number of carbonyl (C=O) groups is 3. The molecule has 0 bridgehead atoms. The molecule has 174 valence electrons. The molecule has 1 aliphatic rings. The van der Waals surface area contributed by atoms with Crippen LogP contribution in [0.5, 0.6) is 0 Å². The van der Waals surface area contributed by atoms with Gasteiger partial charge in [0.05, 0.1) is 5.69 Å². The number of carboxylic acids is 1. The number of rotatable bonds is 8. The third kappa shape index (κ3) is 4.74. The summed E-state index contributed by atoms with van der Waals surface area (Å²) in [4.78, 5) is 40.4. The summed E-state index contributed by atoms with van der Waals surface area (Å²) in [6.07, 6.45) is 0.414. The van der Waals surface area contributed by atoms with Crippen LogP contribution in [-0.4, -0.2) is 52.4 Å². The summed E-state index contributed by atoms with van der Waals surface area (Å²) in [6.45, 7) is -0.316. The molecule has 9 heteroatoms. The first-order chi connectivity index (χ1) is 16.5. The number of carboxylic acid groups (broad SMARTS) is 1. The monoisotopic (exact) mass is 461 g/mol. The van der Waals surface area contributed by atoms with Gasteiger partial charge in [-0.3, -0.25) is 10.1 Å². The average molecular weight is 461 g/mol. The smallest absolute Gasteiger partial charge is 0.411 e. The summed E-state index contributed by atoms with van der Waals surface area (Å²) >= 11 is 0. The van der Waals surface area contributed by atoms with Gasteiger partial charge in [0.15, 0.2) is 5.69 Å². The summed E-state index contributed by atoms with van der Waals surface area (Å²) < 4.78 is 5.50. The van der Waals surface area contributed by atoms with Crippen LogP contribution in [0.2, 0.25) is 0 Å². The van der Waals surface area contributed by atoms with Gasteiger partial charge in [0.25, 0.3) is 5.91 Å². The Morgan fingerprint density at radius 2 is 1.62 bits per heavy atom. The van der Waals surface area contributed by atoms with E-state index in [0.717, 1.165) is 22.3 Å². The lowest BCUT2D eigenvalue weighted by atomic mass is 9.98. The number of anilines is 1. The first kappa shape index (κ1) is 22.9. The first-order valence-electron chi connectivity index (χ1n) is 10.7. The minimum Gasteiger partial charge on any atom is -0.480 e. The molecule has 1 aliphatic carbocycles. The largest absolute Gasteiger partial charge is 0.480 e. The number of aliphatic hydroxyl groups excluding tert-OH is 1. The quantitative estimate of drug-likeness (QED) is 0.405. The third-order valence-corrected chi connectivity index (χ3v) is 5.62. The zero-order valence-corrected chi connectivity index (χ0v) is 18.1. The molecule has 0 aliphatic heterocycles. The Labute approximate surface area is 195 Å². The van der Waals surface area contributed by atoms with E-state index >= 15 is 0 Å². The second kappa shape index (κ2) is 10.1. The maximum Gasteiger partial charge on any atom is 0.411 e. The Hall–Kier alpha value is -4.24. The number of pyridine rings is 1. The second-order valence-electron chi connectivity index (χ2n) is 7.73. The van der Waals surface area contributed by atoms with Crippen molar-refractivity contribution in [2.75, 3.05) is 18.5 Å². The standard InChI is InChI=1S/C25H23N3O6/c29-13-11-21(24(31)32)27-23(30)22-20(10-5-12-26-22)28-25(33)34-14-19-17-8-3-1-6-15(17)16-7-2-4-9-18(16)19/h1-10,12,19,21,29H,11,13-14H2,(H,27,30)(H,28,33)(H,31,32)/t21-/m1/s1. The van der Waals surface area contributed by atoms with Crippen molar-refractivity contribution in [1.82, 2.24) is 10.3 Å². The number of fused-ring (bicyclic) bond motifs is 3. The number of carbonyl (C=O) groups excluding carboxylic acids is 2. The minimum absolute atomic E-state index is 0.0744. The Morgan fingerprint density at radius 1 is 0.971 bits per heavy atom. The van der Waals surface area contributed by atoms with Gasteiger partial charge in [-0.2, -0.15) is 0 Å². The number of aliphatic hydroxyl groups is 1. The van der Waals surface area contributed by atoms with E-state index in [4.69, 9.17) is 9.84 Å². The van der Waals surface area contributed by atoms with Gasteiger partial charge in [0.2, 0.25) is 0 Å². The predicted molar refractivity (Wildman–Crippen MR) is 124 cm³/mol. The SMILES string of the molecule is O=C(Nc1cccnc1C(=O)N[C@H](CCO)C(=O)O)OCC1c2ccccc2-c2ccccc21. The summed E-state index contributed by atoms with van der Waals surface area (Å²) in [5, 5.41) is 23.0. The van der Waals surface area contributed by atoms with Gasteiger partial charge in [-0.15, -0.1) is 0 Å². The number of hydrogen-bond acceptors (Lipinski definition) is 6. The van der Waals surface area contributed by atoms with Crippen molar-refractivity contribution in [2.24, 2.45) is 0 Å². The highest BCUT2D eigenvalue weighted by molar-refractivity contribution is 6.02. The number of hydrogen-bond donors (Lipinski definition) is 4. The van der Waals surface area contributed by atoms with Crippen molar-refractivity contribution in [3.05, 3.63) is 83.7 Å². The molecule has 9 nitrogen and oxygen atoms in total. The number of benzene rings is 2. The van der Waals surface area contributed by atoms with Crippen LogP contribution in [0, 0.1) is 0 Å². The van der Waals surface area contributed by atoms with Crippen LogP contribution in [0.15, 0.2) is 66.9 Å². The Morgan fingerprint density at radius 3 is 2.24 bits per heavy atom. The van der Waals surface area contributed by atoms with Crippen LogP contribution < -0.4 is 10.6 Å². The highest BCUT2D eigenvalue weighted by atomic mass is 16.5. The molecule has 0 spiro atoms. The average Bonchev–Trinajstić information content (AvgIpc) is 3.16. The van der Waals surface area contributed by atoms with E-state index < -0.39 is 30.6 Å². The Balaban J connectivity index is 1.45. The summed E-state index contributed by atoms with van der Waals surface area (Å²) in [5.74, 6) is -2.20. The lowest BCUT2D eigenvalue weighted by Crippen LogP contribution is -2.42. The van der Waals surface area contributed by atoms with Crippen LogP contribution in [0.3, 0.4) is 0 Å². The molecular formula is C25H23N3O6. The molecule has 0 unspecified atom stereocenters. The Bertz CT molecular complexity index is 1180. The number of nitrogens with zero attached hydrogens (tertiary/aromatic N) is 1. The number of ether oxygens (including phenoxy) is 1. The molecule has 0 saturated heterocycles. The van der Waals surface area contributed by atoms with Gasteiger partial charge in [-0.25, -0.2) is 14.6 Å². The molecule has 2 amide bonds. The van der Waals surface area contributed by atoms with Crippen molar-refractivity contribution in [1.29, 1.82) is 0 Å². The summed E-state index contributed by atoms with van der Waals surface area (Å²) in [6, 6.07) is 17.6. The van der Waals surface area contributed by atoms with Gasteiger partial charge in [0, 0.05) is 25.1 Å². The molecule has 1 aromatic heterocycles. The van der Waals surface area contributed by atoms with Gasteiger partial charge in [0.1, 0.15) is 12.6 Å². The van der Waals surface area contributed by atoms with Crippen LogP contribution in [0.25, 0.3) is 11.1 Å². The lowest BCUT2D eigenvalue weighted by molar-refractivity contribution is -0.139. The maximum absolute atomic E-state index is 12.6. The molecule has 0 fully saturated rings. The zero-order chi connectivity index (χ0) is 24.1. The Kier molecular flexibility index (Phi) is 6.84. The molecule has 1 atom stereocenters. The molecule has 3 aromatic rings. The summed E-state index contributed by atoms with van der Waals surface area (Å²) in [5.41, 5.74) is 4.26. The molecule has 1 heterocycles. The molecule has 4 N–H and O–H groups in total. The number of amides is 2. The highest BCUT2D eigenvalue weighted by Crippen LogP contribution is 2.44. The summed E-state index contributed by atoms with van der Waals surface area (Å²) in [7, 11) is 0. The first-order valence-corrected chi connectivity index (χ1v) is 10.7. The van der Waals surface area contributed by atoms with E-state index in [1.54, 1.807) is 0 Å². The highest BCUT2D eigenvalue weighted by Gasteiger charge is 2.29. The predicted octanol–water partition coefficient (Wildman–Crippen LogP) is 3.01. The van der Waals surface area contributed by atoms with E-state index in [1.807, 2.05) is 48.5 Å². The van der Waals surface area contributed by atoms with E-state index in [2.05, 4.69) is 15.6 Å². The zero-order valence-electron chi connectivity index (χ0n) is 18.1. The number of nitrogens with one attached hydrogen (secondary N) is 2. The van der Waals surface area contributed by atoms with Gasteiger partial charge in [-0.1, -0.05) is 48.5 Å². The lowest BCUT2D eigenvalue weighted by Gasteiger charge is -2.16. The molecule has 0 radical (unpaired) electrons. The molecule has 0 saturated carbocycles. The fourth-order valence-corrected chi connectivity index (χ4v) is 4.04. The van der Waals surface area contributed by atoms with E-state index in [1.165, 1.54) is 18.3 Å². The van der Waals surface area contributed by atoms with Crippen molar-refractivity contribution >= 4 is 23.7 Å². The molecule has 4 rings (SSSR count). The second-order valence-corrected chi connectivity index (χ2v) is 7.73. The van der Waals surface area contributed by atoms with Crippen molar-refractivity contribution in [3.63, 3.8) is 0 Å². The van der Waals surface area contributed by atoms with Gasteiger partial charge in [-0.05, 0) is 34.4 Å². The molecule has 34 heavy (non-hydrogen) atoms. The fourth-order valence-electron chi connectivity index (χ4n) is 4.04. The van der Waals surface area contributed by atoms with Crippen LogP contribution >= 0.6 is 0 Å². The van der Waals surface area contributed by atoms with E-state index in [0.29, 0.717) is 0 Å². The van der Waals surface area contributed by atoms with Gasteiger partial charge < -0.3 is 20.3 Å². The maximum atomic E-state index is 12.6. The van der Waals surface area contributed by atoms with Crippen LogP contribution in [0.4, 0.5) is 10.5 Å².